The molecule has 0 fully saturated rings. The molecule has 3 rings (SSSR count). The summed E-state index contributed by atoms with van der Waals surface area (Å²) in [6.07, 6.45) is -7.50. The van der Waals surface area contributed by atoms with Crippen LogP contribution in [0.3, 0.4) is 0 Å². The molecule has 0 saturated heterocycles. The van der Waals surface area contributed by atoms with Gasteiger partial charge >= 0.3 is 35.8 Å². The van der Waals surface area contributed by atoms with Crippen LogP contribution in [0.2, 0.25) is 0 Å². The van der Waals surface area contributed by atoms with Crippen LogP contribution >= 0.6 is 0 Å². The minimum Gasteiger partial charge on any atom is -0.207 e. The highest BCUT2D eigenvalue weighted by Gasteiger charge is 2.91. The second kappa shape index (κ2) is 9.22. The van der Waals surface area contributed by atoms with E-state index in [9.17, 15) is 65.5 Å². The third kappa shape index (κ3) is 4.34. The molecule has 224 valence electrons. The van der Waals surface area contributed by atoms with Gasteiger partial charge in [-0.1, -0.05) is 17.7 Å². The van der Waals surface area contributed by atoms with Crippen LogP contribution in [0.1, 0.15) is 33.4 Å². The van der Waals surface area contributed by atoms with Gasteiger partial charge in [-0.05, 0) is 61.2 Å². The molecule has 3 nitrogen and oxygen atoms in total. The summed E-state index contributed by atoms with van der Waals surface area (Å²) >= 11 is 0. The smallest absolute Gasteiger partial charge is 0.207 e. The summed E-state index contributed by atoms with van der Waals surface area (Å²) in [5.74, 6) is -37.7. The van der Waals surface area contributed by atoms with Crippen molar-refractivity contribution < 1.29 is 65.5 Å². The zero-order valence-electron chi connectivity index (χ0n) is 20.4. The molecule has 2 aromatic carbocycles. The van der Waals surface area contributed by atoms with Gasteiger partial charge in [0, 0.05) is 18.7 Å². The summed E-state index contributed by atoms with van der Waals surface area (Å²) in [6.45, 7) is 2.01. The van der Waals surface area contributed by atoms with E-state index in [0.717, 1.165) is 11.2 Å². The zero-order chi connectivity index (χ0) is 31.1. The van der Waals surface area contributed by atoms with Gasteiger partial charge in [-0.15, -0.1) is 0 Å². The molecule has 40 heavy (non-hydrogen) atoms. The number of rotatable bonds is 7. The highest BCUT2D eigenvalue weighted by molar-refractivity contribution is 7.89. The molecule has 2 aromatic rings. The molecule has 0 saturated carbocycles. The lowest BCUT2D eigenvalue weighted by atomic mass is 9.85. The van der Waals surface area contributed by atoms with Crippen molar-refractivity contribution in [1.82, 2.24) is 4.31 Å². The molecule has 0 spiro atoms. The van der Waals surface area contributed by atoms with Crippen LogP contribution in [0.4, 0.5) is 57.1 Å². The Balaban J connectivity index is 2.11. The summed E-state index contributed by atoms with van der Waals surface area (Å²) in [5, 5.41) is 0. The quantitative estimate of drug-likeness (QED) is 0.301. The average molecular weight is 619 g/mol. The summed E-state index contributed by atoms with van der Waals surface area (Å²) < 4.78 is 205. The normalized spacial score (nSPS) is 16.4. The number of sulfonamides is 1. The molecule has 0 aromatic heterocycles. The number of aryl methyl sites for hydroxylation is 2. The molecule has 1 aliphatic heterocycles. The molecule has 0 radical (unpaired) electrons. The maximum Gasteiger partial charge on any atom is 0.460 e. The van der Waals surface area contributed by atoms with Gasteiger partial charge < -0.3 is 0 Å². The first kappa shape index (κ1) is 32.0. The summed E-state index contributed by atoms with van der Waals surface area (Å²) in [7, 11) is -4.32. The lowest BCUT2D eigenvalue weighted by Crippen LogP contribution is -2.69. The largest absolute Gasteiger partial charge is 0.460 e. The third-order valence-corrected chi connectivity index (χ3v) is 8.46. The molecule has 0 bridgehead atoms. The van der Waals surface area contributed by atoms with Crippen LogP contribution in [-0.2, 0) is 29.0 Å². The van der Waals surface area contributed by atoms with Crippen molar-refractivity contribution in [3.05, 3.63) is 63.7 Å². The topological polar surface area (TPSA) is 37.4 Å². The Labute approximate surface area is 218 Å². The van der Waals surface area contributed by atoms with E-state index in [1.807, 2.05) is 0 Å². The predicted octanol–water partition coefficient (Wildman–Crippen LogP) is 7.51. The first-order valence-corrected chi connectivity index (χ1v) is 12.4. The first-order valence-electron chi connectivity index (χ1n) is 10.9. The molecular formula is C23H18F13NO2S. The molecule has 1 heterocycles. The monoisotopic (exact) mass is 619 g/mol. The van der Waals surface area contributed by atoms with E-state index in [1.165, 1.54) is 24.3 Å². The van der Waals surface area contributed by atoms with Crippen LogP contribution in [0, 0.1) is 20.8 Å². The molecule has 0 amide bonds. The maximum absolute atomic E-state index is 15.0. The molecule has 0 unspecified atom stereocenters. The Morgan fingerprint density at radius 3 is 1.57 bits per heavy atom. The predicted molar refractivity (Wildman–Crippen MR) is 113 cm³/mol. The van der Waals surface area contributed by atoms with Crippen molar-refractivity contribution in [2.45, 2.75) is 74.5 Å². The minimum absolute atomic E-state index is 0.0169. The average Bonchev–Trinajstić information content (AvgIpc) is 3.28. The second-order valence-electron chi connectivity index (χ2n) is 9.28. The van der Waals surface area contributed by atoms with Gasteiger partial charge in [0.15, 0.2) is 0 Å². The van der Waals surface area contributed by atoms with Gasteiger partial charge in [-0.3, -0.25) is 0 Å². The van der Waals surface area contributed by atoms with Gasteiger partial charge in [-0.2, -0.15) is 61.4 Å². The lowest BCUT2D eigenvalue weighted by molar-refractivity contribution is -0.441. The van der Waals surface area contributed by atoms with Crippen LogP contribution in [0.15, 0.2) is 35.2 Å². The Morgan fingerprint density at radius 2 is 1.10 bits per heavy atom. The maximum atomic E-state index is 15.0. The second-order valence-corrected chi connectivity index (χ2v) is 11.2. The molecule has 17 heteroatoms. The van der Waals surface area contributed by atoms with Gasteiger partial charge in [-0.25, -0.2) is 8.42 Å². The standard InChI is InChI=1S/C23H18F13NO2S/c1-11-4-6-14(7-5-11)40(38,39)37-9-15-12(2)8-17(13(3)16(15)10-37)18(24,25)19(26,27)20(28,29)21(30,31)22(32,33)23(34,35)36/h4-8H,9-10H2,1-3H3. The number of alkyl halides is 13. The number of benzene rings is 2. The number of halogens is 13. The van der Waals surface area contributed by atoms with Crippen molar-refractivity contribution in [3.63, 3.8) is 0 Å². The van der Waals surface area contributed by atoms with Gasteiger partial charge in [0.05, 0.1) is 4.90 Å². The molecule has 0 N–H and O–H groups in total. The summed E-state index contributed by atoms with van der Waals surface area (Å²) in [4.78, 5) is -0.245. The van der Waals surface area contributed by atoms with Crippen LogP contribution in [-0.4, -0.2) is 42.6 Å². The minimum atomic E-state index is -8.01. The van der Waals surface area contributed by atoms with E-state index in [0.29, 0.717) is 12.5 Å². The number of fused-ring (bicyclic) bond motifs is 1. The number of hydrogen-bond acceptors (Lipinski definition) is 2. The van der Waals surface area contributed by atoms with Gasteiger partial charge in [0.2, 0.25) is 10.0 Å². The zero-order valence-corrected chi connectivity index (χ0v) is 21.2. The van der Waals surface area contributed by atoms with E-state index in [4.69, 9.17) is 0 Å². The lowest BCUT2D eigenvalue weighted by Gasteiger charge is -2.40. The van der Waals surface area contributed by atoms with Crippen molar-refractivity contribution in [2.24, 2.45) is 0 Å². The Bertz CT molecular complexity index is 1420. The molecular weight excluding hydrogens is 601 g/mol. The van der Waals surface area contributed by atoms with Crippen LogP contribution < -0.4 is 0 Å². The fourth-order valence-corrected chi connectivity index (χ4v) is 5.55. The van der Waals surface area contributed by atoms with Crippen LogP contribution in [0.5, 0.6) is 0 Å². The highest BCUT2D eigenvalue weighted by atomic mass is 32.2. The van der Waals surface area contributed by atoms with Crippen molar-refractivity contribution in [1.29, 1.82) is 0 Å². The number of nitrogens with zero attached hydrogens (tertiary/aromatic N) is 1. The summed E-state index contributed by atoms with van der Waals surface area (Å²) in [6, 6.07) is 5.44. The van der Waals surface area contributed by atoms with Crippen molar-refractivity contribution >= 4 is 10.0 Å². The van der Waals surface area contributed by atoms with E-state index >= 15 is 0 Å². The van der Waals surface area contributed by atoms with E-state index in [-0.39, 0.29) is 22.1 Å². The summed E-state index contributed by atoms with van der Waals surface area (Å²) in [5.41, 5.74) is -3.18. The SMILES string of the molecule is Cc1ccc(S(=O)(=O)N2Cc3c(C)cc(C(F)(F)C(F)(F)C(F)(F)C(F)(F)C(F)(F)C(F)(F)F)c(C)c3C2)cc1. The Morgan fingerprint density at radius 1 is 0.650 bits per heavy atom. The number of hydrogen-bond donors (Lipinski definition) is 0. The van der Waals surface area contributed by atoms with E-state index < -0.39 is 75.6 Å². The van der Waals surface area contributed by atoms with E-state index in [1.54, 1.807) is 6.92 Å². The first-order chi connectivity index (χ1) is 17.8. The van der Waals surface area contributed by atoms with Crippen LogP contribution in [0.25, 0.3) is 0 Å². The third-order valence-electron chi connectivity index (χ3n) is 6.66. The van der Waals surface area contributed by atoms with Gasteiger partial charge in [0.25, 0.3) is 0 Å². The Kier molecular flexibility index (Phi) is 7.37. The van der Waals surface area contributed by atoms with E-state index in [2.05, 4.69) is 0 Å². The highest BCUT2D eigenvalue weighted by Crippen LogP contribution is 2.62. The fraction of sp³-hybridized carbons (Fsp3) is 0.478. The van der Waals surface area contributed by atoms with Crippen molar-refractivity contribution in [3.8, 4) is 0 Å². The Hall–Kier alpha value is -2.56. The fourth-order valence-electron chi connectivity index (χ4n) is 4.18. The van der Waals surface area contributed by atoms with Crippen molar-refractivity contribution in [2.75, 3.05) is 0 Å². The van der Waals surface area contributed by atoms with Gasteiger partial charge in [0.1, 0.15) is 0 Å². The molecule has 1 aliphatic rings. The molecule has 0 atom stereocenters. The molecule has 0 aliphatic carbocycles.